The normalized spacial score (nSPS) is 16.8. The Kier molecular flexibility index (Phi) is 5.73. The molecule has 0 fully saturated rings. The number of rotatable bonds is 4. The van der Waals surface area contributed by atoms with E-state index in [1.54, 1.807) is 24.3 Å². The van der Waals surface area contributed by atoms with E-state index in [9.17, 15) is 9.59 Å². The summed E-state index contributed by atoms with van der Waals surface area (Å²) >= 11 is 7.10. The molecule has 2 N–H and O–H groups in total. The number of halogens is 1. The van der Waals surface area contributed by atoms with Crippen LogP contribution in [0.2, 0.25) is 5.02 Å². The fourth-order valence-corrected chi connectivity index (χ4v) is 3.32. The van der Waals surface area contributed by atoms with Crippen molar-refractivity contribution in [2.24, 2.45) is 4.99 Å². The predicted molar refractivity (Wildman–Crippen MR) is 102 cm³/mol. The van der Waals surface area contributed by atoms with Crippen LogP contribution >= 0.6 is 23.4 Å². The fraction of sp³-hybridized carbons (Fsp3) is 0.167. The van der Waals surface area contributed by atoms with E-state index in [1.165, 1.54) is 11.8 Å². The van der Waals surface area contributed by atoms with E-state index in [2.05, 4.69) is 15.6 Å². The topological polar surface area (TPSA) is 70.6 Å². The Balaban J connectivity index is 1.60. The zero-order valence-corrected chi connectivity index (χ0v) is 14.8. The van der Waals surface area contributed by atoms with Gasteiger partial charge < -0.3 is 10.6 Å². The highest BCUT2D eigenvalue weighted by Crippen LogP contribution is 2.25. The molecule has 0 spiro atoms. The van der Waals surface area contributed by atoms with Crippen LogP contribution in [0.15, 0.2) is 59.6 Å². The van der Waals surface area contributed by atoms with Gasteiger partial charge in [-0.25, -0.2) is 0 Å². The summed E-state index contributed by atoms with van der Waals surface area (Å²) in [5.41, 5.74) is 1.62. The number of carbonyl (C=O) groups is 2. The summed E-state index contributed by atoms with van der Waals surface area (Å²) < 4.78 is 0. The SMILES string of the molecule is O=C1C[C@H](c2ccccc2)N=C(SCC(=O)Nc2cccc(Cl)c2)N1. The van der Waals surface area contributed by atoms with Crippen molar-refractivity contribution in [3.05, 3.63) is 65.2 Å². The second-order valence-electron chi connectivity index (χ2n) is 5.46. The fourth-order valence-electron chi connectivity index (χ4n) is 2.40. The molecule has 2 amide bonds. The second kappa shape index (κ2) is 8.18. The van der Waals surface area contributed by atoms with Gasteiger partial charge in [-0.2, -0.15) is 0 Å². The van der Waals surface area contributed by atoms with Gasteiger partial charge in [-0.3, -0.25) is 14.6 Å². The molecule has 0 radical (unpaired) electrons. The first-order valence-electron chi connectivity index (χ1n) is 7.71. The molecule has 25 heavy (non-hydrogen) atoms. The monoisotopic (exact) mass is 373 g/mol. The predicted octanol–water partition coefficient (Wildman–Crippen LogP) is 3.63. The maximum Gasteiger partial charge on any atom is 0.234 e. The third-order valence-corrected chi connectivity index (χ3v) is 4.65. The van der Waals surface area contributed by atoms with E-state index in [1.807, 2.05) is 30.3 Å². The Morgan fingerprint density at radius 2 is 2.04 bits per heavy atom. The minimum absolute atomic E-state index is 0.0957. The van der Waals surface area contributed by atoms with Gasteiger partial charge in [0.1, 0.15) is 0 Å². The number of nitrogens with one attached hydrogen (secondary N) is 2. The van der Waals surface area contributed by atoms with Crippen LogP contribution in [-0.4, -0.2) is 22.7 Å². The minimum atomic E-state index is -0.214. The summed E-state index contributed by atoms with van der Waals surface area (Å²) in [5, 5.41) is 6.50. The highest BCUT2D eigenvalue weighted by molar-refractivity contribution is 8.14. The number of carbonyl (C=O) groups excluding carboxylic acids is 2. The van der Waals surface area contributed by atoms with Gasteiger partial charge in [0.05, 0.1) is 18.2 Å². The molecule has 7 heteroatoms. The average Bonchev–Trinajstić information content (AvgIpc) is 2.60. The van der Waals surface area contributed by atoms with Gasteiger partial charge in [-0.15, -0.1) is 0 Å². The number of aliphatic imine (C=N–C) groups is 1. The number of thioether (sulfide) groups is 1. The second-order valence-corrected chi connectivity index (χ2v) is 6.86. The third-order valence-electron chi connectivity index (χ3n) is 3.53. The van der Waals surface area contributed by atoms with E-state index in [4.69, 9.17) is 11.6 Å². The lowest BCUT2D eigenvalue weighted by Crippen LogP contribution is -2.35. The molecule has 2 aromatic carbocycles. The molecule has 0 saturated carbocycles. The number of benzene rings is 2. The quantitative estimate of drug-likeness (QED) is 0.859. The molecular weight excluding hydrogens is 358 g/mol. The van der Waals surface area contributed by atoms with E-state index in [-0.39, 0.29) is 23.6 Å². The van der Waals surface area contributed by atoms with Crippen molar-refractivity contribution in [1.82, 2.24) is 5.32 Å². The van der Waals surface area contributed by atoms with Crippen LogP contribution < -0.4 is 10.6 Å². The highest BCUT2D eigenvalue weighted by Gasteiger charge is 2.23. The molecule has 1 aliphatic rings. The van der Waals surface area contributed by atoms with Crippen molar-refractivity contribution in [3.8, 4) is 0 Å². The van der Waals surface area contributed by atoms with Crippen LogP contribution in [0.5, 0.6) is 0 Å². The van der Waals surface area contributed by atoms with Crippen molar-refractivity contribution in [3.63, 3.8) is 0 Å². The van der Waals surface area contributed by atoms with Gasteiger partial charge >= 0.3 is 0 Å². The zero-order valence-electron chi connectivity index (χ0n) is 13.2. The van der Waals surface area contributed by atoms with Crippen molar-refractivity contribution < 1.29 is 9.59 Å². The van der Waals surface area contributed by atoms with Crippen LogP contribution in [0.3, 0.4) is 0 Å². The first-order chi connectivity index (χ1) is 12.1. The maximum atomic E-state index is 12.1. The summed E-state index contributed by atoms with van der Waals surface area (Å²) in [5.74, 6) is -0.139. The number of anilines is 1. The van der Waals surface area contributed by atoms with Crippen molar-refractivity contribution in [2.45, 2.75) is 12.5 Å². The van der Waals surface area contributed by atoms with E-state index >= 15 is 0 Å². The highest BCUT2D eigenvalue weighted by atomic mass is 35.5. The van der Waals surface area contributed by atoms with Crippen LogP contribution in [0.4, 0.5) is 5.69 Å². The van der Waals surface area contributed by atoms with Crippen molar-refractivity contribution in [2.75, 3.05) is 11.1 Å². The molecule has 128 valence electrons. The Labute approximate surface area is 154 Å². The third kappa shape index (κ3) is 5.08. The number of hydrogen-bond donors (Lipinski definition) is 2. The number of nitrogens with zero attached hydrogens (tertiary/aromatic N) is 1. The maximum absolute atomic E-state index is 12.1. The first kappa shape index (κ1) is 17.5. The molecule has 5 nitrogen and oxygen atoms in total. The first-order valence-corrected chi connectivity index (χ1v) is 9.07. The minimum Gasteiger partial charge on any atom is -0.325 e. The summed E-state index contributed by atoms with van der Waals surface area (Å²) in [6, 6.07) is 16.4. The Morgan fingerprint density at radius 3 is 2.80 bits per heavy atom. The zero-order chi connectivity index (χ0) is 17.6. The summed E-state index contributed by atoms with van der Waals surface area (Å²) in [7, 11) is 0. The summed E-state index contributed by atoms with van der Waals surface area (Å²) in [6.07, 6.45) is 0.308. The standard InChI is InChI=1S/C18H16ClN3O2S/c19-13-7-4-8-14(9-13)20-17(24)11-25-18-21-15(10-16(23)22-18)12-5-2-1-3-6-12/h1-9,15H,10-11H2,(H,20,24)(H,21,22,23)/t15-/m1/s1. The molecule has 2 aromatic rings. The molecule has 1 aliphatic heterocycles. The lowest BCUT2D eigenvalue weighted by molar-refractivity contribution is -0.120. The Morgan fingerprint density at radius 1 is 1.24 bits per heavy atom. The van der Waals surface area contributed by atoms with Gasteiger partial charge in [0, 0.05) is 10.7 Å². The lowest BCUT2D eigenvalue weighted by atomic mass is 10.0. The van der Waals surface area contributed by atoms with Gasteiger partial charge in [-0.05, 0) is 23.8 Å². The molecule has 3 rings (SSSR count). The van der Waals surface area contributed by atoms with Gasteiger partial charge in [0.25, 0.3) is 0 Å². The van der Waals surface area contributed by atoms with Gasteiger partial charge in [0.2, 0.25) is 11.8 Å². The lowest BCUT2D eigenvalue weighted by Gasteiger charge is -2.20. The number of hydrogen-bond acceptors (Lipinski definition) is 4. The van der Waals surface area contributed by atoms with Crippen LogP contribution in [0.1, 0.15) is 18.0 Å². The van der Waals surface area contributed by atoms with Crippen LogP contribution in [0.25, 0.3) is 0 Å². The average molecular weight is 374 g/mol. The molecule has 0 aliphatic carbocycles. The Hall–Kier alpha value is -2.31. The molecule has 0 unspecified atom stereocenters. The molecular formula is C18H16ClN3O2S. The van der Waals surface area contributed by atoms with Crippen LogP contribution in [0, 0.1) is 0 Å². The molecule has 1 atom stereocenters. The van der Waals surface area contributed by atoms with E-state index in [0.29, 0.717) is 22.3 Å². The summed E-state index contributed by atoms with van der Waals surface area (Å²) in [6.45, 7) is 0. The van der Waals surface area contributed by atoms with Gasteiger partial charge in [0.15, 0.2) is 5.17 Å². The number of amides is 2. The van der Waals surface area contributed by atoms with Crippen molar-refractivity contribution >= 4 is 46.0 Å². The summed E-state index contributed by atoms with van der Waals surface area (Å²) in [4.78, 5) is 28.5. The van der Waals surface area contributed by atoms with E-state index in [0.717, 1.165) is 5.56 Å². The molecule has 0 bridgehead atoms. The van der Waals surface area contributed by atoms with E-state index < -0.39 is 0 Å². The molecule has 0 saturated heterocycles. The van der Waals surface area contributed by atoms with Crippen molar-refractivity contribution in [1.29, 1.82) is 0 Å². The largest absolute Gasteiger partial charge is 0.325 e. The van der Waals surface area contributed by atoms with Gasteiger partial charge in [-0.1, -0.05) is 59.8 Å². The number of amidine groups is 1. The molecule has 1 heterocycles. The smallest absolute Gasteiger partial charge is 0.234 e. The molecule has 0 aromatic heterocycles. The Bertz CT molecular complexity index is 811. The van der Waals surface area contributed by atoms with Crippen LogP contribution in [-0.2, 0) is 9.59 Å².